The van der Waals surface area contributed by atoms with Crippen LogP contribution in [-0.4, -0.2) is 48.4 Å². The van der Waals surface area contributed by atoms with E-state index in [1.54, 1.807) is 4.90 Å². The summed E-state index contributed by atoms with van der Waals surface area (Å²) in [4.78, 5) is 27.0. The fourth-order valence-electron chi connectivity index (χ4n) is 3.95. The number of benzene rings is 2. The lowest BCUT2D eigenvalue weighted by atomic mass is 10.1. The van der Waals surface area contributed by atoms with Crippen molar-refractivity contribution in [1.29, 1.82) is 0 Å². The van der Waals surface area contributed by atoms with Gasteiger partial charge in [-0.3, -0.25) is 9.59 Å². The number of hydrogen-bond acceptors (Lipinski definition) is 3. The van der Waals surface area contributed by atoms with E-state index in [2.05, 4.69) is 10.6 Å². The number of hydrogen-bond donors (Lipinski definition) is 2. The predicted octanol–water partition coefficient (Wildman–Crippen LogP) is 3.22. The van der Waals surface area contributed by atoms with Gasteiger partial charge in [0.15, 0.2) is 0 Å². The first-order chi connectivity index (χ1) is 15.0. The van der Waals surface area contributed by atoms with Gasteiger partial charge >= 0.3 is 0 Å². The van der Waals surface area contributed by atoms with Crippen molar-refractivity contribution in [2.75, 3.05) is 19.6 Å². The molecule has 2 aromatic rings. The van der Waals surface area contributed by atoms with Crippen LogP contribution >= 0.6 is 0 Å². The quantitative estimate of drug-likeness (QED) is 0.604. The minimum Gasteiger partial charge on any atom is -0.341 e. The summed E-state index contributed by atoms with van der Waals surface area (Å²) in [6, 6.07) is 11.7. The minimum atomic E-state index is -0.591. The number of carbonyl (C=O) groups is 2. The van der Waals surface area contributed by atoms with Crippen molar-refractivity contribution in [3.05, 3.63) is 71.3 Å². The molecule has 2 aliphatic rings. The van der Waals surface area contributed by atoms with Crippen molar-refractivity contribution < 1.29 is 18.4 Å². The highest BCUT2D eigenvalue weighted by Gasteiger charge is 2.37. The van der Waals surface area contributed by atoms with E-state index in [1.165, 1.54) is 36.4 Å². The second kappa shape index (κ2) is 9.56. The molecule has 0 bridgehead atoms. The van der Waals surface area contributed by atoms with Crippen LogP contribution in [0.25, 0.3) is 0 Å². The van der Waals surface area contributed by atoms with Crippen LogP contribution in [0.15, 0.2) is 48.5 Å². The van der Waals surface area contributed by atoms with Crippen molar-refractivity contribution in [1.82, 2.24) is 15.5 Å². The van der Waals surface area contributed by atoms with Gasteiger partial charge in [0.1, 0.15) is 17.7 Å². The Kier molecular flexibility index (Phi) is 6.61. The molecule has 1 aliphatic heterocycles. The fraction of sp³-hybridized carbons (Fsp3) is 0.417. The smallest absolute Gasteiger partial charge is 0.251 e. The van der Waals surface area contributed by atoms with Gasteiger partial charge in [-0.25, -0.2) is 8.78 Å². The van der Waals surface area contributed by atoms with Crippen LogP contribution in [0.5, 0.6) is 0 Å². The van der Waals surface area contributed by atoms with Crippen LogP contribution in [0.3, 0.4) is 0 Å². The molecule has 1 saturated carbocycles. The molecule has 0 radical (unpaired) electrons. The third-order valence-corrected chi connectivity index (χ3v) is 6.04. The summed E-state index contributed by atoms with van der Waals surface area (Å²) in [6.45, 7) is 2.18. The Hall–Kier alpha value is -2.80. The highest BCUT2D eigenvalue weighted by molar-refractivity contribution is 5.97. The molecule has 4 rings (SSSR count). The molecule has 1 aliphatic carbocycles. The van der Waals surface area contributed by atoms with E-state index in [-0.39, 0.29) is 17.6 Å². The molecule has 5 nitrogen and oxygen atoms in total. The van der Waals surface area contributed by atoms with Gasteiger partial charge in [-0.2, -0.15) is 0 Å². The van der Waals surface area contributed by atoms with Gasteiger partial charge in [0.25, 0.3) is 5.91 Å². The van der Waals surface area contributed by atoms with Crippen molar-refractivity contribution in [3.8, 4) is 0 Å². The molecule has 0 aromatic heterocycles. The molecule has 31 heavy (non-hydrogen) atoms. The zero-order chi connectivity index (χ0) is 21.8. The average Bonchev–Trinajstić information content (AvgIpc) is 3.49. The Balaban J connectivity index is 1.26. The van der Waals surface area contributed by atoms with E-state index in [0.29, 0.717) is 23.9 Å². The summed E-state index contributed by atoms with van der Waals surface area (Å²) in [6.07, 6.45) is 3.27. The molecule has 0 unspecified atom stereocenters. The molecule has 3 atom stereocenters. The Morgan fingerprint density at radius 2 is 1.65 bits per heavy atom. The molecule has 1 heterocycles. The number of amides is 2. The van der Waals surface area contributed by atoms with Crippen LogP contribution in [0.1, 0.15) is 47.5 Å². The lowest BCUT2D eigenvalue weighted by molar-refractivity contribution is -0.136. The second-order valence-electron chi connectivity index (χ2n) is 8.31. The topological polar surface area (TPSA) is 61.4 Å². The molecular weight excluding hydrogens is 400 g/mol. The third-order valence-electron chi connectivity index (χ3n) is 6.04. The SMILES string of the molecule is O=C(N[C@@H](CCCN[C@@H]1C[C@H]1c1ccc(F)cc1)C(=O)N1CCC1)c1ccc(F)cc1. The van der Waals surface area contributed by atoms with Gasteiger partial charge in [-0.1, -0.05) is 12.1 Å². The Morgan fingerprint density at radius 3 is 2.26 bits per heavy atom. The zero-order valence-corrected chi connectivity index (χ0v) is 17.3. The van der Waals surface area contributed by atoms with Crippen LogP contribution in [0, 0.1) is 11.6 Å². The van der Waals surface area contributed by atoms with E-state index < -0.39 is 11.9 Å². The largest absolute Gasteiger partial charge is 0.341 e. The predicted molar refractivity (Wildman–Crippen MR) is 114 cm³/mol. The van der Waals surface area contributed by atoms with Crippen molar-refractivity contribution in [2.24, 2.45) is 0 Å². The summed E-state index contributed by atoms with van der Waals surface area (Å²) in [7, 11) is 0. The van der Waals surface area contributed by atoms with Crippen LogP contribution in [0.2, 0.25) is 0 Å². The van der Waals surface area contributed by atoms with Crippen molar-refractivity contribution >= 4 is 11.8 Å². The number of rotatable bonds is 9. The van der Waals surface area contributed by atoms with Gasteiger partial charge in [0, 0.05) is 30.6 Å². The molecule has 7 heteroatoms. The molecule has 164 valence electrons. The molecule has 2 aromatic carbocycles. The number of carbonyl (C=O) groups excluding carboxylic acids is 2. The minimum absolute atomic E-state index is 0.0580. The number of nitrogens with zero attached hydrogens (tertiary/aromatic N) is 1. The van der Waals surface area contributed by atoms with Gasteiger partial charge in [-0.05, 0) is 74.2 Å². The average molecular weight is 427 g/mol. The van der Waals surface area contributed by atoms with Gasteiger partial charge in [0.2, 0.25) is 5.91 Å². The fourth-order valence-corrected chi connectivity index (χ4v) is 3.95. The van der Waals surface area contributed by atoms with Gasteiger partial charge in [0.05, 0.1) is 0 Å². The van der Waals surface area contributed by atoms with Crippen LogP contribution in [-0.2, 0) is 4.79 Å². The molecule has 2 fully saturated rings. The maximum atomic E-state index is 13.1. The molecule has 0 spiro atoms. The van der Waals surface area contributed by atoms with E-state index in [4.69, 9.17) is 0 Å². The maximum absolute atomic E-state index is 13.1. The van der Waals surface area contributed by atoms with E-state index >= 15 is 0 Å². The summed E-state index contributed by atoms with van der Waals surface area (Å²) in [5.41, 5.74) is 1.47. The van der Waals surface area contributed by atoms with Crippen molar-refractivity contribution in [2.45, 2.75) is 43.7 Å². The van der Waals surface area contributed by atoms with E-state index in [9.17, 15) is 18.4 Å². The number of halogens is 2. The first-order valence-corrected chi connectivity index (χ1v) is 10.9. The highest BCUT2D eigenvalue weighted by Crippen LogP contribution is 2.40. The lowest BCUT2D eigenvalue weighted by Gasteiger charge is -2.34. The number of likely N-dealkylation sites (tertiary alicyclic amines) is 1. The van der Waals surface area contributed by atoms with Crippen LogP contribution in [0.4, 0.5) is 8.78 Å². The van der Waals surface area contributed by atoms with E-state index in [1.807, 2.05) is 12.1 Å². The second-order valence-corrected chi connectivity index (χ2v) is 8.31. The third kappa shape index (κ3) is 5.47. The summed E-state index contributed by atoms with van der Waals surface area (Å²) in [5.74, 6) is -0.663. The highest BCUT2D eigenvalue weighted by atomic mass is 19.1. The maximum Gasteiger partial charge on any atom is 0.251 e. The van der Waals surface area contributed by atoms with Gasteiger partial charge in [-0.15, -0.1) is 0 Å². The Morgan fingerprint density at radius 1 is 1.00 bits per heavy atom. The first kappa shape index (κ1) is 21.4. The Labute approximate surface area is 180 Å². The molecule has 2 amide bonds. The normalized spacial score (nSPS) is 20.6. The summed E-state index contributed by atoms with van der Waals surface area (Å²) < 4.78 is 26.2. The standard InChI is InChI=1S/C24H27F2N3O2/c25-18-8-4-16(5-9-18)20-15-22(20)27-12-1-3-21(24(31)29-13-2-14-29)28-23(30)17-6-10-19(26)11-7-17/h4-11,20-22,27H,1-3,12-15H2,(H,28,30)/t20-,21-,22+/m0/s1. The summed E-state index contributed by atoms with van der Waals surface area (Å²) >= 11 is 0. The zero-order valence-electron chi connectivity index (χ0n) is 17.3. The Bertz CT molecular complexity index is 913. The van der Waals surface area contributed by atoms with E-state index in [0.717, 1.165) is 44.5 Å². The van der Waals surface area contributed by atoms with Crippen LogP contribution < -0.4 is 10.6 Å². The summed E-state index contributed by atoms with van der Waals surface area (Å²) in [5, 5.41) is 6.32. The molecular formula is C24H27F2N3O2. The number of nitrogens with one attached hydrogen (secondary N) is 2. The molecule has 1 saturated heterocycles. The van der Waals surface area contributed by atoms with Crippen molar-refractivity contribution in [3.63, 3.8) is 0 Å². The monoisotopic (exact) mass is 427 g/mol. The van der Waals surface area contributed by atoms with Gasteiger partial charge < -0.3 is 15.5 Å². The first-order valence-electron chi connectivity index (χ1n) is 10.9. The molecule has 2 N–H and O–H groups in total. The lowest BCUT2D eigenvalue weighted by Crippen LogP contribution is -2.53.